The van der Waals surface area contributed by atoms with Crippen LogP contribution in [0.5, 0.6) is 0 Å². The van der Waals surface area contributed by atoms with Crippen LogP contribution in [-0.4, -0.2) is 43.3 Å². The minimum atomic E-state index is 0.106. The molecule has 112 valence electrons. The first kappa shape index (κ1) is 15.5. The van der Waals surface area contributed by atoms with Gasteiger partial charge in [-0.3, -0.25) is 4.90 Å². The molecule has 1 saturated heterocycles. The first-order valence-corrected chi connectivity index (χ1v) is 7.70. The number of benzene rings is 1. The predicted molar refractivity (Wildman–Crippen MR) is 83.8 cm³/mol. The highest BCUT2D eigenvalue weighted by atomic mass is 16.5. The lowest BCUT2D eigenvalue weighted by molar-refractivity contribution is 0.00102. The Bertz CT molecular complexity index is 387. The van der Waals surface area contributed by atoms with Crippen LogP contribution >= 0.6 is 0 Å². The van der Waals surface area contributed by atoms with Crippen molar-refractivity contribution in [3.05, 3.63) is 35.9 Å². The number of nitrogens with two attached hydrogens (primary N) is 1. The summed E-state index contributed by atoms with van der Waals surface area (Å²) in [7, 11) is 1.82. The maximum atomic E-state index is 6.10. The van der Waals surface area contributed by atoms with Crippen LogP contribution in [0.1, 0.15) is 31.7 Å². The Labute approximate surface area is 123 Å². The summed E-state index contributed by atoms with van der Waals surface area (Å²) >= 11 is 0. The quantitative estimate of drug-likeness (QED) is 0.867. The van der Waals surface area contributed by atoms with Gasteiger partial charge in [-0.05, 0) is 38.2 Å². The van der Waals surface area contributed by atoms with Crippen LogP contribution in [0.2, 0.25) is 0 Å². The Morgan fingerprint density at radius 2 is 1.90 bits per heavy atom. The van der Waals surface area contributed by atoms with E-state index in [2.05, 4.69) is 42.2 Å². The maximum Gasteiger partial charge on any atom is 0.0595 e. The highest BCUT2D eigenvalue weighted by Crippen LogP contribution is 2.25. The molecule has 0 saturated carbocycles. The van der Waals surface area contributed by atoms with E-state index >= 15 is 0 Å². The van der Waals surface area contributed by atoms with E-state index in [1.165, 1.54) is 5.56 Å². The van der Waals surface area contributed by atoms with E-state index in [4.69, 9.17) is 10.5 Å². The number of piperidine rings is 1. The number of hydrogen-bond acceptors (Lipinski definition) is 3. The highest BCUT2D eigenvalue weighted by Gasteiger charge is 2.33. The average Bonchev–Trinajstić information content (AvgIpc) is 2.53. The van der Waals surface area contributed by atoms with Gasteiger partial charge in [0, 0.05) is 32.3 Å². The van der Waals surface area contributed by atoms with E-state index in [9.17, 15) is 0 Å². The summed E-state index contributed by atoms with van der Waals surface area (Å²) in [6.45, 7) is 5.22. The van der Waals surface area contributed by atoms with Crippen LogP contribution in [0.3, 0.4) is 0 Å². The molecule has 1 unspecified atom stereocenters. The fraction of sp³-hybridized carbons (Fsp3) is 0.647. The molecule has 1 fully saturated rings. The standard InChI is InChI=1S/C17H28N2O/c1-17(14-18,11-8-15-6-4-3-5-7-15)19-12-9-16(20-2)10-13-19/h3-7,16H,8-14,18H2,1-2H3. The summed E-state index contributed by atoms with van der Waals surface area (Å²) in [6.07, 6.45) is 4.89. The smallest absolute Gasteiger partial charge is 0.0595 e. The second-order valence-corrected chi connectivity index (χ2v) is 6.11. The van der Waals surface area contributed by atoms with Crippen molar-refractivity contribution in [2.45, 2.75) is 44.2 Å². The van der Waals surface area contributed by atoms with Gasteiger partial charge < -0.3 is 10.5 Å². The monoisotopic (exact) mass is 276 g/mol. The largest absolute Gasteiger partial charge is 0.381 e. The molecular formula is C17H28N2O. The summed E-state index contributed by atoms with van der Waals surface area (Å²) in [5.41, 5.74) is 7.60. The van der Waals surface area contributed by atoms with Crippen molar-refractivity contribution >= 4 is 0 Å². The Balaban J connectivity index is 1.92. The SMILES string of the molecule is COC1CCN(C(C)(CN)CCc2ccccc2)CC1. The van der Waals surface area contributed by atoms with Gasteiger partial charge in [-0.25, -0.2) is 0 Å². The van der Waals surface area contributed by atoms with Gasteiger partial charge in [0.25, 0.3) is 0 Å². The average molecular weight is 276 g/mol. The molecule has 0 aliphatic carbocycles. The third-order valence-corrected chi connectivity index (χ3v) is 4.77. The minimum absolute atomic E-state index is 0.106. The zero-order valence-electron chi connectivity index (χ0n) is 12.8. The normalized spacial score (nSPS) is 20.8. The molecule has 0 amide bonds. The molecule has 1 atom stereocenters. The van der Waals surface area contributed by atoms with E-state index in [1.807, 2.05) is 7.11 Å². The molecular weight excluding hydrogens is 248 g/mol. The predicted octanol–water partition coefficient (Wildman–Crippen LogP) is 2.45. The van der Waals surface area contributed by atoms with Gasteiger partial charge in [0.05, 0.1) is 6.10 Å². The summed E-state index contributed by atoms with van der Waals surface area (Å²) < 4.78 is 5.46. The topological polar surface area (TPSA) is 38.5 Å². The lowest BCUT2D eigenvalue weighted by Gasteiger charge is -2.44. The minimum Gasteiger partial charge on any atom is -0.381 e. The number of aryl methyl sites for hydroxylation is 1. The summed E-state index contributed by atoms with van der Waals surface area (Å²) in [6, 6.07) is 10.7. The fourth-order valence-corrected chi connectivity index (χ4v) is 3.08. The zero-order chi connectivity index (χ0) is 14.4. The molecule has 0 bridgehead atoms. The number of ether oxygens (including phenoxy) is 1. The Kier molecular flexibility index (Phi) is 5.58. The van der Waals surface area contributed by atoms with Gasteiger partial charge in [-0.2, -0.15) is 0 Å². The molecule has 0 spiro atoms. The number of likely N-dealkylation sites (tertiary alicyclic amines) is 1. The number of rotatable bonds is 6. The maximum absolute atomic E-state index is 6.10. The van der Waals surface area contributed by atoms with Crippen LogP contribution < -0.4 is 5.73 Å². The van der Waals surface area contributed by atoms with Gasteiger partial charge >= 0.3 is 0 Å². The van der Waals surface area contributed by atoms with Crippen molar-refractivity contribution in [2.24, 2.45) is 5.73 Å². The lowest BCUT2D eigenvalue weighted by atomic mass is 9.89. The van der Waals surface area contributed by atoms with E-state index in [-0.39, 0.29) is 5.54 Å². The molecule has 1 aromatic carbocycles. The second-order valence-electron chi connectivity index (χ2n) is 6.11. The third kappa shape index (κ3) is 3.81. The van der Waals surface area contributed by atoms with E-state index in [1.54, 1.807) is 0 Å². The number of hydrogen-bond donors (Lipinski definition) is 1. The van der Waals surface area contributed by atoms with E-state index in [0.29, 0.717) is 6.10 Å². The van der Waals surface area contributed by atoms with Crippen molar-refractivity contribution in [2.75, 3.05) is 26.7 Å². The molecule has 3 nitrogen and oxygen atoms in total. The van der Waals surface area contributed by atoms with Gasteiger partial charge in [0.1, 0.15) is 0 Å². The first-order valence-electron chi connectivity index (χ1n) is 7.70. The van der Waals surface area contributed by atoms with Crippen LogP contribution in [0.25, 0.3) is 0 Å². The van der Waals surface area contributed by atoms with Gasteiger partial charge in [0.2, 0.25) is 0 Å². The molecule has 0 radical (unpaired) electrons. The van der Waals surface area contributed by atoms with Gasteiger partial charge in [0.15, 0.2) is 0 Å². The summed E-state index contributed by atoms with van der Waals surface area (Å²) in [4.78, 5) is 2.56. The second kappa shape index (κ2) is 7.21. The third-order valence-electron chi connectivity index (χ3n) is 4.77. The van der Waals surface area contributed by atoms with Crippen molar-refractivity contribution in [1.82, 2.24) is 4.90 Å². The molecule has 0 aromatic heterocycles. The van der Waals surface area contributed by atoms with Gasteiger partial charge in [-0.1, -0.05) is 30.3 Å². The van der Waals surface area contributed by atoms with Crippen molar-refractivity contribution in [3.63, 3.8) is 0 Å². The lowest BCUT2D eigenvalue weighted by Crippen LogP contribution is -2.55. The molecule has 1 aromatic rings. The molecule has 3 heteroatoms. The van der Waals surface area contributed by atoms with Crippen molar-refractivity contribution in [3.8, 4) is 0 Å². The van der Waals surface area contributed by atoms with E-state index in [0.717, 1.165) is 45.3 Å². The fourth-order valence-electron chi connectivity index (χ4n) is 3.08. The van der Waals surface area contributed by atoms with Crippen LogP contribution in [0, 0.1) is 0 Å². The van der Waals surface area contributed by atoms with Crippen molar-refractivity contribution in [1.29, 1.82) is 0 Å². The van der Waals surface area contributed by atoms with E-state index < -0.39 is 0 Å². The van der Waals surface area contributed by atoms with Crippen molar-refractivity contribution < 1.29 is 4.74 Å². The van der Waals surface area contributed by atoms with Crippen LogP contribution in [-0.2, 0) is 11.2 Å². The summed E-state index contributed by atoms with van der Waals surface area (Å²) in [5, 5.41) is 0. The zero-order valence-corrected chi connectivity index (χ0v) is 12.8. The Morgan fingerprint density at radius 3 is 2.45 bits per heavy atom. The molecule has 2 N–H and O–H groups in total. The van der Waals surface area contributed by atoms with Gasteiger partial charge in [-0.15, -0.1) is 0 Å². The first-order chi connectivity index (χ1) is 9.68. The Hall–Kier alpha value is -0.900. The molecule has 20 heavy (non-hydrogen) atoms. The molecule has 2 rings (SSSR count). The molecule has 1 heterocycles. The highest BCUT2D eigenvalue weighted by molar-refractivity contribution is 5.15. The van der Waals surface area contributed by atoms with Crippen LogP contribution in [0.15, 0.2) is 30.3 Å². The number of methoxy groups -OCH3 is 1. The summed E-state index contributed by atoms with van der Waals surface area (Å²) in [5.74, 6) is 0. The number of nitrogens with zero attached hydrogens (tertiary/aromatic N) is 1. The Morgan fingerprint density at radius 1 is 1.25 bits per heavy atom. The molecule has 1 aliphatic heterocycles. The van der Waals surface area contributed by atoms with Crippen LogP contribution in [0.4, 0.5) is 0 Å². The molecule has 1 aliphatic rings.